The maximum Gasteiger partial charge on any atom is 0.270 e. The van der Waals surface area contributed by atoms with Crippen LogP contribution < -0.4 is 10.6 Å². The normalized spacial score (nSPS) is 17.9. The molecule has 5 rings (SSSR count). The Morgan fingerprint density at radius 3 is 2.47 bits per heavy atom. The Hall–Kier alpha value is -3.42. The standard InChI is InChI=1S/C28H36N6O2/c1-5-34-23(12-15-29-34)26(35)31-25(22(19-6-7-19)16-28(4)13-14-28)27(36)30-21-10-8-20(9-11-21)24-17(2)32-33-18(24)3/h8-12,15,19,22,25H,5-7,13-14,16H2,1-4H3,(H,30,36)(H,31,35)(H,32,33)/t22-,25+/m1/s1. The number of aromatic amines is 1. The molecule has 36 heavy (non-hydrogen) atoms. The van der Waals surface area contributed by atoms with Gasteiger partial charge < -0.3 is 10.6 Å². The van der Waals surface area contributed by atoms with Gasteiger partial charge in [0.25, 0.3) is 5.91 Å². The summed E-state index contributed by atoms with van der Waals surface area (Å²) in [6.45, 7) is 8.82. The van der Waals surface area contributed by atoms with E-state index in [0.29, 0.717) is 23.8 Å². The van der Waals surface area contributed by atoms with Gasteiger partial charge in [0, 0.05) is 29.7 Å². The van der Waals surface area contributed by atoms with E-state index in [1.54, 1.807) is 16.9 Å². The number of rotatable bonds is 10. The van der Waals surface area contributed by atoms with Crippen molar-refractivity contribution in [2.45, 2.75) is 72.4 Å². The van der Waals surface area contributed by atoms with E-state index >= 15 is 0 Å². The lowest BCUT2D eigenvalue weighted by Crippen LogP contribution is -2.50. The van der Waals surface area contributed by atoms with Gasteiger partial charge in [0.05, 0.1) is 5.69 Å². The zero-order valence-corrected chi connectivity index (χ0v) is 21.6. The van der Waals surface area contributed by atoms with Crippen LogP contribution in [-0.4, -0.2) is 37.8 Å². The number of hydrogen-bond acceptors (Lipinski definition) is 4. The molecular weight excluding hydrogens is 452 g/mol. The van der Waals surface area contributed by atoms with E-state index in [4.69, 9.17) is 0 Å². The number of nitrogens with one attached hydrogen (secondary N) is 3. The summed E-state index contributed by atoms with van der Waals surface area (Å²) in [7, 11) is 0. The number of aryl methyl sites for hydroxylation is 3. The molecule has 1 aromatic carbocycles. The van der Waals surface area contributed by atoms with Gasteiger partial charge in [-0.25, -0.2) is 0 Å². The lowest BCUT2D eigenvalue weighted by molar-refractivity contribution is -0.119. The predicted octanol–water partition coefficient (Wildman–Crippen LogP) is 4.86. The van der Waals surface area contributed by atoms with Crippen LogP contribution in [0.2, 0.25) is 0 Å². The molecule has 2 atom stereocenters. The summed E-state index contributed by atoms with van der Waals surface area (Å²) >= 11 is 0. The van der Waals surface area contributed by atoms with Gasteiger partial charge in [-0.2, -0.15) is 10.2 Å². The fraction of sp³-hybridized carbons (Fsp3) is 0.500. The van der Waals surface area contributed by atoms with E-state index in [1.807, 2.05) is 45.0 Å². The van der Waals surface area contributed by atoms with Gasteiger partial charge >= 0.3 is 0 Å². The van der Waals surface area contributed by atoms with E-state index in [2.05, 4.69) is 32.9 Å². The average Bonchev–Trinajstić information content (AvgIpc) is 3.76. The highest BCUT2D eigenvalue weighted by atomic mass is 16.2. The van der Waals surface area contributed by atoms with Crippen LogP contribution in [0.25, 0.3) is 11.1 Å². The van der Waals surface area contributed by atoms with Crippen molar-refractivity contribution in [1.82, 2.24) is 25.3 Å². The molecule has 0 bridgehead atoms. The van der Waals surface area contributed by atoms with Crippen molar-refractivity contribution in [2.24, 2.45) is 17.3 Å². The number of hydrogen-bond donors (Lipinski definition) is 3. The molecule has 3 aromatic rings. The molecule has 2 amide bonds. The van der Waals surface area contributed by atoms with Gasteiger partial charge in [-0.05, 0) is 93.9 Å². The number of H-pyrrole nitrogens is 1. The fourth-order valence-electron chi connectivity index (χ4n) is 5.34. The third-order valence-corrected chi connectivity index (χ3v) is 7.87. The molecule has 3 N–H and O–H groups in total. The number of benzene rings is 1. The Bertz CT molecular complexity index is 1230. The van der Waals surface area contributed by atoms with Crippen LogP contribution >= 0.6 is 0 Å². The number of nitrogens with zero attached hydrogens (tertiary/aromatic N) is 3. The molecule has 0 saturated heterocycles. The van der Waals surface area contributed by atoms with Crippen LogP contribution in [0.4, 0.5) is 5.69 Å². The van der Waals surface area contributed by atoms with Gasteiger partial charge in [0.2, 0.25) is 5.91 Å². The fourth-order valence-corrected chi connectivity index (χ4v) is 5.34. The second-order valence-corrected chi connectivity index (χ2v) is 10.9. The molecule has 8 nitrogen and oxygen atoms in total. The smallest absolute Gasteiger partial charge is 0.270 e. The minimum absolute atomic E-state index is 0.120. The quantitative estimate of drug-likeness (QED) is 0.379. The van der Waals surface area contributed by atoms with Gasteiger partial charge in [0.15, 0.2) is 0 Å². The SMILES string of the molecule is CCn1nccc1C(=O)N[C@H](C(=O)Nc1ccc(-c2c(C)n[nH]c2C)cc1)[C@H](CC1(C)CC1)C1CC1. The molecule has 190 valence electrons. The summed E-state index contributed by atoms with van der Waals surface area (Å²) in [5.41, 5.74) is 5.57. The molecule has 8 heteroatoms. The van der Waals surface area contributed by atoms with Crippen molar-refractivity contribution >= 4 is 17.5 Å². The number of aromatic nitrogens is 4. The van der Waals surface area contributed by atoms with Crippen molar-refractivity contribution in [3.05, 3.63) is 53.6 Å². The monoisotopic (exact) mass is 488 g/mol. The van der Waals surface area contributed by atoms with Crippen molar-refractivity contribution < 1.29 is 9.59 Å². The van der Waals surface area contributed by atoms with Crippen molar-refractivity contribution in [3.63, 3.8) is 0 Å². The molecule has 2 aliphatic rings. The molecule has 2 heterocycles. The van der Waals surface area contributed by atoms with Crippen LogP contribution in [0, 0.1) is 31.1 Å². The van der Waals surface area contributed by atoms with Gasteiger partial charge in [-0.3, -0.25) is 19.4 Å². The third kappa shape index (κ3) is 5.08. The number of amides is 2. The molecule has 2 saturated carbocycles. The summed E-state index contributed by atoms with van der Waals surface area (Å²) in [5, 5.41) is 17.7. The molecule has 0 spiro atoms. The Morgan fingerprint density at radius 2 is 1.89 bits per heavy atom. The van der Waals surface area contributed by atoms with Gasteiger partial charge in [0.1, 0.15) is 11.7 Å². The van der Waals surface area contributed by atoms with Crippen LogP contribution in [0.1, 0.15) is 67.8 Å². The average molecular weight is 489 g/mol. The van der Waals surface area contributed by atoms with Crippen LogP contribution in [0.5, 0.6) is 0 Å². The van der Waals surface area contributed by atoms with Gasteiger partial charge in [-0.1, -0.05) is 19.1 Å². The van der Waals surface area contributed by atoms with E-state index in [9.17, 15) is 9.59 Å². The highest BCUT2D eigenvalue weighted by Gasteiger charge is 2.48. The summed E-state index contributed by atoms with van der Waals surface area (Å²) in [4.78, 5) is 27.0. The minimum Gasteiger partial charge on any atom is -0.339 e. The first-order chi connectivity index (χ1) is 17.3. The van der Waals surface area contributed by atoms with Crippen molar-refractivity contribution in [3.8, 4) is 11.1 Å². The summed E-state index contributed by atoms with van der Waals surface area (Å²) in [5.74, 6) is 0.191. The topological polar surface area (TPSA) is 105 Å². The number of carbonyl (C=O) groups is 2. The Labute approximate surface area is 212 Å². The summed E-state index contributed by atoms with van der Waals surface area (Å²) in [6, 6.07) is 8.94. The first-order valence-electron chi connectivity index (χ1n) is 13.0. The number of carbonyl (C=O) groups excluding carboxylic acids is 2. The van der Waals surface area contributed by atoms with Crippen molar-refractivity contribution in [1.29, 1.82) is 0 Å². The second-order valence-electron chi connectivity index (χ2n) is 10.9. The summed E-state index contributed by atoms with van der Waals surface area (Å²) < 4.78 is 1.66. The molecule has 2 aromatic heterocycles. The molecular formula is C28H36N6O2. The number of anilines is 1. The Morgan fingerprint density at radius 1 is 1.17 bits per heavy atom. The van der Waals surface area contributed by atoms with E-state index in [0.717, 1.165) is 41.8 Å². The van der Waals surface area contributed by atoms with Crippen LogP contribution in [0.3, 0.4) is 0 Å². The molecule has 0 unspecified atom stereocenters. The minimum atomic E-state index is -0.597. The second kappa shape index (κ2) is 9.56. The lowest BCUT2D eigenvalue weighted by Gasteiger charge is -2.29. The molecule has 0 radical (unpaired) electrons. The highest BCUT2D eigenvalue weighted by molar-refractivity contribution is 6.00. The maximum absolute atomic E-state index is 13.7. The zero-order chi connectivity index (χ0) is 25.4. The lowest BCUT2D eigenvalue weighted by atomic mass is 9.83. The van der Waals surface area contributed by atoms with E-state index < -0.39 is 6.04 Å². The predicted molar refractivity (Wildman–Crippen MR) is 139 cm³/mol. The Kier molecular flexibility index (Phi) is 6.45. The van der Waals surface area contributed by atoms with E-state index in [1.165, 1.54) is 12.8 Å². The molecule has 2 fully saturated rings. The first-order valence-corrected chi connectivity index (χ1v) is 13.0. The Balaban J connectivity index is 1.37. The largest absolute Gasteiger partial charge is 0.339 e. The molecule has 0 aliphatic heterocycles. The summed E-state index contributed by atoms with van der Waals surface area (Å²) in [6.07, 6.45) is 7.20. The molecule has 2 aliphatic carbocycles. The van der Waals surface area contributed by atoms with Crippen molar-refractivity contribution in [2.75, 3.05) is 5.32 Å². The third-order valence-electron chi connectivity index (χ3n) is 7.87. The maximum atomic E-state index is 13.7. The van der Waals surface area contributed by atoms with Crippen LogP contribution in [-0.2, 0) is 11.3 Å². The van der Waals surface area contributed by atoms with Gasteiger partial charge in [-0.15, -0.1) is 0 Å². The van der Waals surface area contributed by atoms with Crippen LogP contribution in [0.15, 0.2) is 36.5 Å². The first kappa shape index (κ1) is 24.3. The highest BCUT2D eigenvalue weighted by Crippen LogP contribution is 2.54. The zero-order valence-electron chi connectivity index (χ0n) is 21.6. The van der Waals surface area contributed by atoms with E-state index in [-0.39, 0.29) is 23.1 Å².